The molecule has 0 radical (unpaired) electrons. The fraction of sp³-hybridized carbons (Fsp3) is 0.263. The maximum Gasteiger partial charge on any atom is 0.202 e. The van der Waals surface area contributed by atoms with Crippen molar-refractivity contribution < 1.29 is 14.0 Å². The quantitative estimate of drug-likeness (QED) is 0.675. The molecule has 3 rings (SSSR count). The number of halogens is 1. The summed E-state index contributed by atoms with van der Waals surface area (Å²) in [6, 6.07) is 14.3. The molecule has 0 saturated carbocycles. The number of benzene rings is 2. The number of rotatable bonds is 6. The number of hydrogen-bond acceptors (Lipinski definition) is 3. The van der Waals surface area contributed by atoms with E-state index < -0.39 is 0 Å². The van der Waals surface area contributed by atoms with Gasteiger partial charge in [-0.15, -0.1) is 5.10 Å². The molecule has 0 fully saturated rings. The van der Waals surface area contributed by atoms with Crippen molar-refractivity contribution in [2.75, 3.05) is 14.2 Å². The Kier molecular flexibility index (Phi) is 5.49. The molecule has 1 unspecified atom stereocenters. The van der Waals surface area contributed by atoms with Gasteiger partial charge in [0.25, 0.3) is 0 Å². The molecule has 1 N–H and O–H groups in total. The zero-order valence-corrected chi connectivity index (χ0v) is 15.9. The van der Waals surface area contributed by atoms with Gasteiger partial charge in [-0.1, -0.05) is 12.1 Å². The highest BCUT2D eigenvalue weighted by molar-refractivity contribution is 7.71. The van der Waals surface area contributed by atoms with Gasteiger partial charge >= 0.3 is 0 Å². The number of aromatic nitrogens is 3. The number of hydrogen-bond donors (Lipinski definition) is 1. The summed E-state index contributed by atoms with van der Waals surface area (Å²) in [6.07, 6.45) is 0. The van der Waals surface area contributed by atoms with Crippen LogP contribution >= 0.6 is 12.2 Å². The summed E-state index contributed by atoms with van der Waals surface area (Å²) in [7, 11) is 5.62. The zero-order valence-electron chi connectivity index (χ0n) is 15.1. The number of quaternary nitrogens is 1. The van der Waals surface area contributed by atoms with Gasteiger partial charge in [0.2, 0.25) is 4.77 Å². The summed E-state index contributed by atoms with van der Waals surface area (Å²) in [5.74, 6) is 1.40. The lowest BCUT2D eigenvalue weighted by Gasteiger charge is -2.13. The third-order valence-corrected chi connectivity index (χ3v) is 4.71. The van der Waals surface area contributed by atoms with E-state index in [0.29, 0.717) is 11.4 Å². The monoisotopic (exact) mass is 373 g/mol. The van der Waals surface area contributed by atoms with Gasteiger partial charge in [-0.3, -0.25) is 0 Å². The highest BCUT2D eigenvalue weighted by Crippen LogP contribution is 2.20. The lowest BCUT2D eigenvalue weighted by atomic mass is 10.2. The lowest BCUT2D eigenvalue weighted by molar-refractivity contribution is -0.917. The molecular weight excluding hydrogens is 351 g/mol. The van der Waals surface area contributed by atoms with Gasteiger partial charge in [-0.2, -0.15) is 4.68 Å². The number of methoxy groups -OCH3 is 1. The molecule has 1 aromatic heterocycles. The molecule has 0 bridgehead atoms. The van der Waals surface area contributed by atoms with Crippen molar-refractivity contribution in [1.82, 2.24) is 14.3 Å². The smallest absolute Gasteiger partial charge is 0.202 e. The van der Waals surface area contributed by atoms with Crippen LogP contribution in [0.2, 0.25) is 0 Å². The molecule has 1 heterocycles. The fourth-order valence-corrected chi connectivity index (χ4v) is 3.04. The van der Waals surface area contributed by atoms with Crippen LogP contribution < -0.4 is 9.64 Å². The Morgan fingerprint density at radius 3 is 2.38 bits per heavy atom. The first kappa shape index (κ1) is 18.3. The second kappa shape index (κ2) is 7.80. The average molecular weight is 373 g/mol. The van der Waals surface area contributed by atoms with Gasteiger partial charge in [0.05, 0.1) is 14.2 Å². The van der Waals surface area contributed by atoms with E-state index in [1.807, 2.05) is 40.6 Å². The second-order valence-corrected chi connectivity index (χ2v) is 6.68. The van der Waals surface area contributed by atoms with Gasteiger partial charge in [0.1, 0.15) is 18.1 Å². The van der Waals surface area contributed by atoms with Gasteiger partial charge in [0.15, 0.2) is 12.5 Å². The van der Waals surface area contributed by atoms with Crippen molar-refractivity contribution in [1.29, 1.82) is 0 Å². The van der Waals surface area contributed by atoms with Crippen LogP contribution in [0.25, 0.3) is 11.4 Å². The van der Waals surface area contributed by atoms with Crippen LogP contribution in [0.3, 0.4) is 0 Å². The van der Waals surface area contributed by atoms with Crippen molar-refractivity contribution in [2.45, 2.75) is 13.2 Å². The molecule has 3 aromatic rings. The van der Waals surface area contributed by atoms with E-state index in [1.165, 1.54) is 17.0 Å². The SMILES string of the molecule is COc1ccc(-c2nn(C[NH+](C)Cc3ccc(F)cc3)c(=S)n2C)cc1. The minimum atomic E-state index is -0.220. The molecule has 0 saturated heterocycles. The Morgan fingerprint density at radius 1 is 1.12 bits per heavy atom. The third-order valence-electron chi connectivity index (χ3n) is 4.23. The van der Waals surface area contributed by atoms with Crippen molar-refractivity contribution in [3.05, 3.63) is 64.7 Å². The molecule has 136 valence electrons. The molecular formula is C19H22FN4OS+. The maximum atomic E-state index is 13.0. The van der Waals surface area contributed by atoms with Crippen molar-refractivity contribution in [3.8, 4) is 17.1 Å². The first-order valence-corrected chi connectivity index (χ1v) is 8.72. The van der Waals surface area contributed by atoms with E-state index >= 15 is 0 Å². The third kappa shape index (κ3) is 4.00. The van der Waals surface area contributed by atoms with Gasteiger partial charge < -0.3 is 14.2 Å². The summed E-state index contributed by atoms with van der Waals surface area (Å²) in [4.78, 5) is 1.20. The van der Waals surface area contributed by atoms with Crippen molar-refractivity contribution in [3.63, 3.8) is 0 Å². The lowest BCUT2D eigenvalue weighted by Crippen LogP contribution is -3.07. The van der Waals surface area contributed by atoms with Gasteiger partial charge in [-0.05, 0) is 48.6 Å². The fourth-order valence-electron chi connectivity index (χ4n) is 2.84. The molecule has 7 heteroatoms. The standard InChI is InChI=1S/C19H21FN4OS/c1-22(12-14-4-8-16(20)9-5-14)13-24-19(26)23(2)18(21-24)15-6-10-17(25-3)11-7-15/h4-11H,12-13H2,1-3H3/p+1. The van der Waals surface area contributed by atoms with Crippen molar-refractivity contribution >= 4 is 12.2 Å². The molecule has 1 atom stereocenters. The van der Waals surface area contributed by atoms with E-state index in [0.717, 1.165) is 29.2 Å². The van der Waals surface area contributed by atoms with Crippen LogP contribution in [-0.2, 0) is 20.3 Å². The molecule has 0 spiro atoms. The summed E-state index contributed by atoms with van der Waals surface area (Å²) < 4.78 is 22.6. The van der Waals surface area contributed by atoms with Crippen LogP contribution in [0.1, 0.15) is 5.56 Å². The first-order chi connectivity index (χ1) is 12.5. The first-order valence-electron chi connectivity index (χ1n) is 8.32. The predicted octanol–water partition coefficient (Wildman–Crippen LogP) is 2.44. The summed E-state index contributed by atoms with van der Waals surface area (Å²) >= 11 is 5.54. The zero-order chi connectivity index (χ0) is 18.7. The van der Waals surface area contributed by atoms with Crippen LogP contribution in [0, 0.1) is 10.6 Å². The van der Waals surface area contributed by atoms with E-state index in [4.69, 9.17) is 17.0 Å². The minimum absolute atomic E-state index is 0.220. The Bertz CT molecular complexity index is 932. The maximum absolute atomic E-state index is 13.0. The predicted molar refractivity (Wildman–Crippen MR) is 101 cm³/mol. The van der Waals surface area contributed by atoms with E-state index in [2.05, 4.69) is 12.1 Å². The molecule has 0 amide bonds. The highest BCUT2D eigenvalue weighted by Gasteiger charge is 2.13. The van der Waals surface area contributed by atoms with Crippen LogP contribution in [0.5, 0.6) is 5.75 Å². The van der Waals surface area contributed by atoms with E-state index in [1.54, 1.807) is 19.2 Å². The Morgan fingerprint density at radius 2 is 1.77 bits per heavy atom. The number of nitrogens with one attached hydrogen (secondary N) is 1. The summed E-state index contributed by atoms with van der Waals surface area (Å²) in [6.45, 7) is 1.39. The van der Waals surface area contributed by atoms with Gasteiger partial charge in [0, 0.05) is 18.2 Å². The van der Waals surface area contributed by atoms with Crippen molar-refractivity contribution in [2.24, 2.45) is 7.05 Å². The number of ether oxygens (including phenoxy) is 1. The minimum Gasteiger partial charge on any atom is -0.497 e. The Balaban J connectivity index is 1.78. The average Bonchev–Trinajstić information content (AvgIpc) is 2.92. The molecule has 0 aliphatic carbocycles. The van der Waals surface area contributed by atoms with Gasteiger partial charge in [-0.25, -0.2) is 4.39 Å². The van der Waals surface area contributed by atoms with Crippen LogP contribution in [0.15, 0.2) is 48.5 Å². The van der Waals surface area contributed by atoms with Crippen LogP contribution in [-0.4, -0.2) is 28.5 Å². The normalized spacial score (nSPS) is 12.2. The number of nitrogens with zero attached hydrogens (tertiary/aromatic N) is 3. The Hall–Kier alpha value is -2.51. The highest BCUT2D eigenvalue weighted by atomic mass is 32.1. The molecule has 26 heavy (non-hydrogen) atoms. The molecule has 5 nitrogen and oxygen atoms in total. The largest absolute Gasteiger partial charge is 0.497 e. The Labute approximate surface area is 157 Å². The van der Waals surface area contributed by atoms with Crippen LogP contribution in [0.4, 0.5) is 4.39 Å². The topological polar surface area (TPSA) is 36.4 Å². The summed E-state index contributed by atoms with van der Waals surface area (Å²) in [5.41, 5.74) is 2.05. The molecule has 0 aliphatic heterocycles. The van der Waals surface area contributed by atoms with E-state index in [-0.39, 0.29) is 5.82 Å². The second-order valence-electron chi connectivity index (χ2n) is 6.31. The molecule has 0 aliphatic rings. The summed E-state index contributed by atoms with van der Waals surface area (Å²) in [5, 5.41) is 4.68. The van der Waals surface area contributed by atoms with E-state index in [9.17, 15) is 4.39 Å². The molecule has 2 aromatic carbocycles.